The van der Waals surface area contributed by atoms with Crippen LogP contribution in [0.4, 0.5) is 0 Å². The fourth-order valence-electron chi connectivity index (χ4n) is 2.63. The number of aromatic nitrogens is 5. The molecule has 0 amide bonds. The van der Waals surface area contributed by atoms with E-state index in [1.54, 1.807) is 15.6 Å². The van der Waals surface area contributed by atoms with Crippen LogP contribution in [0.2, 0.25) is 0 Å². The molecule has 3 aromatic heterocycles. The molecule has 0 fully saturated rings. The van der Waals surface area contributed by atoms with Crippen molar-refractivity contribution in [3.63, 3.8) is 0 Å². The van der Waals surface area contributed by atoms with Gasteiger partial charge >= 0.3 is 0 Å². The molecule has 0 aliphatic carbocycles. The van der Waals surface area contributed by atoms with E-state index in [2.05, 4.69) is 15.3 Å². The van der Waals surface area contributed by atoms with E-state index in [0.29, 0.717) is 18.5 Å². The molecule has 1 aromatic carbocycles. The summed E-state index contributed by atoms with van der Waals surface area (Å²) in [5.74, 6) is 0. The quantitative estimate of drug-likeness (QED) is 0.574. The molecule has 4 rings (SSSR count). The summed E-state index contributed by atoms with van der Waals surface area (Å²) in [5.41, 5.74) is 1.85. The van der Waals surface area contributed by atoms with E-state index in [1.165, 1.54) is 11.3 Å². The topological polar surface area (TPSA) is 65.6 Å². The molecule has 0 aliphatic rings. The Morgan fingerprint density at radius 1 is 1.17 bits per heavy atom. The smallest absolute Gasteiger partial charge is 0.262 e. The zero-order valence-corrected chi connectivity index (χ0v) is 13.9. The van der Waals surface area contributed by atoms with E-state index in [0.717, 1.165) is 21.0 Å². The Kier molecular flexibility index (Phi) is 3.70. The highest BCUT2D eigenvalue weighted by Gasteiger charge is 2.09. The van der Waals surface area contributed by atoms with Crippen LogP contribution in [0.25, 0.3) is 10.2 Å². The van der Waals surface area contributed by atoms with Crippen molar-refractivity contribution < 1.29 is 0 Å². The van der Waals surface area contributed by atoms with Gasteiger partial charge in [-0.25, -0.2) is 9.67 Å². The van der Waals surface area contributed by atoms with Gasteiger partial charge in [0.15, 0.2) is 0 Å². The molecular weight excluding hydrogens is 322 g/mol. The van der Waals surface area contributed by atoms with Gasteiger partial charge in [-0.3, -0.25) is 9.36 Å². The normalized spacial score (nSPS) is 11.2. The molecule has 120 valence electrons. The Labute approximate surface area is 142 Å². The summed E-state index contributed by atoms with van der Waals surface area (Å²) in [6.45, 7) is 3.00. The molecule has 0 spiro atoms. The van der Waals surface area contributed by atoms with E-state index in [1.807, 2.05) is 49.5 Å². The minimum atomic E-state index is -0.0399. The third-order valence-corrected chi connectivity index (χ3v) is 4.71. The highest BCUT2D eigenvalue weighted by atomic mass is 32.1. The minimum Gasteiger partial charge on any atom is -0.292 e. The van der Waals surface area contributed by atoms with Crippen molar-refractivity contribution >= 4 is 21.6 Å². The van der Waals surface area contributed by atoms with E-state index in [-0.39, 0.29) is 5.56 Å². The van der Waals surface area contributed by atoms with Gasteiger partial charge in [0.1, 0.15) is 10.5 Å². The lowest BCUT2D eigenvalue weighted by Crippen LogP contribution is -2.20. The minimum absolute atomic E-state index is 0.0399. The van der Waals surface area contributed by atoms with E-state index < -0.39 is 0 Å². The first kappa shape index (κ1) is 14.8. The van der Waals surface area contributed by atoms with Crippen molar-refractivity contribution in [1.29, 1.82) is 0 Å². The van der Waals surface area contributed by atoms with Crippen molar-refractivity contribution in [2.75, 3.05) is 0 Å². The van der Waals surface area contributed by atoms with E-state index in [4.69, 9.17) is 0 Å². The number of fused-ring (bicyclic) bond motifs is 1. The second-order valence-electron chi connectivity index (χ2n) is 5.65. The molecule has 0 N–H and O–H groups in total. The molecule has 3 heterocycles. The second kappa shape index (κ2) is 6.01. The van der Waals surface area contributed by atoms with Gasteiger partial charge in [0, 0.05) is 4.88 Å². The van der Waals surface area contributed by atoms with Crippen LogP contribution in [0.15, 0.2) is 53.7 Å². The summed E-state index contributed by atoms with van der Waals surface area (Å²) in [5, 5.41) is 8.96. The van der Waals surface area contributed by atoms with Crippen LogP contribution in [0, 0.1) is 6.92 Å². The first-order chi connectivity index (χ1) is 11.7. The molecule has 6 nitrogen and oxygen atoms in total. The zero-order chi connectivity index (χ0) is 16.5. The number of thiophene rings is 1. The number of benzene rings is 1. The van der Waals surface area contributed by atoms with Gasteiger partial charge in [0.2, 0.25) is 0 Å². The third kappa shape index (κ3) is 2.85. The predicted octanol–water partition coefficient (Wildman–Crippen LogP) is 2.45. The number of hydrogen-bond acceptors (Lipinski definition) is 5. The molecule has 0 aliphatic heterocycles. The van der Waals surface area contributed by atoms with Crippen LogP contribution < -0.4 is 5.56 Å². The molecule has 24 heavy (non-hydrogen) atoms. The van der Waals surface area contributed by atoms with Crippen LogP contribution in [0.1, 0.15) is 16.1 Å². The average molecular weight is 337 g/mol. The molecule has 0 atom stereocenters. The van der Waals surface area contributed by atoms with Gasteiger partial charge in [0.25, 0.3) is 5.56 Å². The maximum absolute atomic E-state index is 12.5. The van der Waals surface area contributed by atoms with Crippen molar-refractivity contribution in [3.8, 4) is 0 Å². The van der Waals surface area contributed by atoms with E-state index >= 15 is 0 Å². The third-order valence-electron chi connectivity index (χ3n) is 3.75. The summed E-state index contributed by atoms with van der Waals surface area (Å²) in [6, 6.07) is 12.0. The van der Waals surface area contributed by atoms with Crippen LogP contribution in [0.3, 0.4) is 0 Å². The Morgan fingerprint density at radius 3 is 2.83 bits per heavy atom. The van der Waals surface area contributed by atoms with Gasteiger partial charge < -0.3 is 0 Å². The van der Waals surface area contributed by atoms with Gasteiger partial charge in [-0.2, -0.15) is 0 Å². The number of nitrogens with zero attached hydrogens (tertiary/aromatic N) is 5. The number of aryl methyl sites for hydroxylation is 1. The molecule has 0 radical (unpaired) electrons. The summed E-state index contributed by atoms with van der Waals surface area (Å²) < 4.78 is 3.35. The fraction of sp³-hybridized carbons (Fsp3) is 0.176. The van der Waals surface area contributed by atoms with Crippen molar-refractivity contribution in [2.45, 2.75) is 20.0 Å². The average Bonchev–Trinajstić information content (AvgIpc) is 3.17. The molecule has 0 saturated heterocycles. The maximum atomic E-state index is 12.5. The molecule has 0 bridgehead atoms. The lowest BCUT2D eigenvalue weighted by Gasteiger charge is -2.02. The SMILES string of the molecule is Cc1cc2c(=O)n(Cc3cn(Cc4ccccc4)nn3)cnc2s1. The highest BCUT2D eigenvalue weighted by molar-refractivity contribution is 7.18. The summed E-state index contributed by atoms with van der Waals surface area (Å²) >= 11 is 1.53. The predicted molar refractivity (Wildman–Crippen MR) is 93.3 cm³/mol. The lowest BCUT2D eigenvalue weighted by molar-refractivity contribution is 0.648. The Bertz CT molecular complexity index is 1050. The molecule has 4 aromatic rings. The van der Waals surface area contributed by atoms with Crippen LogP contribution in [-0.2, 0) is 13.1 Å². The van der Waals surface area contributed by atoms with Gasteiger partial charge in [-0.05, 0) is 18.6 Å². The van der Waals surface area contributed by atoms with Crippen molar-refractivity contribution in [2.24, 2.45) is 0 Å². The van der Waals surface area contributed by atoms with Gasteiger partial charge in [-0.15, -0.1) is 16.4 Å². The Balaban J connectivity index is 1.58. The summed E-state index contributed by atoms with van der Waals surface area (Å²) in [7, 11) is 0. The second-order valence-corrected chi connectivity index (χ2v) is 6.88. The van der Waals surface area contributed by atoms with Gasteiger partial charge in [-0.1, -0.05) is 35.5 Å². The zero-order valence-electron chi connectivity index (χ0n) is 13.1. The molecular formula is C17H15N5OS. The van der Waals surface area contributed by atoms with Crippen LogP contribution in [0.5, 0.6) is 0 Å². The van der Waals surface area contributed by atoms with Crippen LogP contribution >= 0.6 is 11.3 Å². The number of rotatable bonds is 4. The highest BCUT2D eigenvalue weighted by Crippen LogP contribution is 2.19. The first-order valence-corrected chi connectivity index (χ1v) is 8.39. The summed E-state index contributed by atoms with van der Waals surface area (Å²) in [4.78, 5) is 18.7. The van der Waals surface area contributed by atoms with E-state index in [9.17, 15) is 4.79 Å². The largest absolute Gasteiger partial charge is 0.292 e. The van der Waals surface area contributed by atoms with Gasteiger partial charge in [0.05, 0.1) is 31.0 Å². The Morgan fingerprint density at radius 2 is 2.00 bits per heavy atom. The van der Waals surface area contributed by atoms with Crippen molar-refractivity contribution in [1.82, 2.24) is 24.5 Å². The fourth-order valence-corrected chi connectivity index (χ4v) is 3.46. The molecule has 0 saturated carbocycles. The monoisotopic (exact) mass is 337 g/mol. The number of hydrogen-bond donors (Lipinski definition) is 0. The molecule has 0 unspecified atom stereocenters. The van der Waals surface area contributed by atoms with Crippen LogP contribution in [-0.4, -0.2) is 24.5 Å². The molecule has 7 heteroatoms. The maximum Gasteiger partial charge on any atom is 0.262 e. The van der Waals surface area contributed by atoms with Crippen molar-refractivity contribution in [3.05, 3.63) is 75.4 Å². The summed E-state index contributed by atoms with van der Waals surface area (Å²) in [6.07, 6.45) is 3.44. The lowest BCUT2D eigenvalue weighted by atomic mass is 10.2. The Hall–Kier alpha value is -2.80. The first-order valence-electron chi connectivity index (χ1n) is 7.57. The standard InChI is InChI=1S/C17H15N5OS/c1-12-7-15-16(24-12)18-11-21(17(15)23)9-14-10-22(20-19-14)8-13-5-3-2-4-6-13/h2-7,10-11H,8-9H2,1H3.